The van der Waals surface area contributed by atoms with Gasteiger partial charge in [0.15, 0.2) is 0 Å². The molecule has 1 rings (SSSR count). The van der Waals surface area contributed by atoms with E-state index in [-0.39, 0.29) is 0 Å². The lowest BCUT2D eigenvalue weighted by atomic mass is 10.2. The molecule has 0 saturated heterocycles. The van der Waals surface area contributed by atoms with Crippen molar-refractivity contribution < 1.29 is 17.8 Å². The van der Waals surface area contributed by atoms with Crippen molar-refractivity contribution in [3.63, 3.8) is 0 Å². The van der Waals surface area contributed by atoms with Crippen LogP contribution in [0.15, 0.2) is 30.3 Å². The standard InChI is InChI=1S/C18H34NO3Si/c1-6-19(7-2,8-3)15-12-16-23(20-4,21-5)22-17-18-13-10-9-11-14-18/h9-11,13-14H,6-8,12,15-17H2,1-5H3/q+1. The van der Waals surface area contributed by atoms with E-state index < -0.39 is 8.80 Å². The molecule has 0 atom stereocenters. The molecule has 0 bridgehead atoms. The minimum Gasteiger partial charge on any atom is -0.377 e. The van der Waals surface area contributed by atoms with E-state index in [1.165, 1.54) is 19.6 Å². The highest BCUT2D eigenvalue weighted by atomic mass is 28.4. The number of hydrogen-bond acceptors (Lipinski definition) is 3. The van der Waals surface area contributed by atoms with Gasteiger partial charge in [-0.15, -0.1) is 0 Å². The van der Waals surface area contributed by atoms with E-state index in [4.69, 9.17) is 13.3 Å². The van der Waals surface area contributed by atoms with Gasteiger partial charge < -0.3 is 17.8 Å². The largest absolute Gasteiger partial charge is 0.500 e. The first kappa shape index (κ1) is 20.3. The van der Waals surface area contributed by atoms with Crippen LogP contribution in [0.25, 0.3) is 0 Å². The summed E-state index contributed by atoms with van der Waals surface area (Å²) in [5.41, 5.74) is 1.15. The second kappa shape index (κ2) is 10.2. The Morgan fingerprint density at radius 2 is 1.48 bits per heavy atom. The van der Waals surface area contributed by atoms with Crippen molar-refractivity contribution >= 4 is 8.80 Å². The van der Waals surface area contributed by atoms with Crippen LogP contribution in [0.3, 0.4) is 0 Å². The molecule has 132 valence electrons. The van der Waals surface area contributed by atoms with Crippen molar-refractivity contribution in [3.8, 4) is 0 Å². The van der Waals surface area contributed by atoms with Gasteiger partial charge >= 0.3 is 8.80 Å². The first-order valence-electron chi connectivity index (χ1n) is 8.72. The van der Waals surface area contributed by atoms with Gasteiger partial charge in [-0.2, -0.15) is 0 Å². The zero-order valence-electron chi connectivity index (χ0n) is 15.5. The van der Waals surface area contributed by atoms with Crippen LogP contribution in [-0.4, -0.2) is 53.7 Å². The van der Waals surface area contributed by atoms with Crippen molar-refractivity contribution in [3.05, 3.63) is 35.9 Å². The summed E-state index contributed by atoms with van der Waals surface area (Å²) in [5.74, 6) is 0. The number of hydrogen-bond donors (Lipinski definition) is 0. The van der Waals surface area contributed by atoms with Crippen molar-refractivity contribution in [2.24, 2.45) is 0 Å². The second-order valence-electron chi connectivity index (χ2n) is 5.98. The first-order chi connectivity index (χ1) is 11.1. The molecule has 0 amide bonds. The molecule has 0 saturated carbocycles. The lowest BCUT2D eigenvalue weighted by molar-refractivity contribution is -0.923. The van der Waals surface area contributed by atoms with Crippen LogP contribution >= 0.6 is 0 Å². The van der Waals surface area contributed by atoms with Gasteiger partial charge in [0.05, 0.1) is 32.8 Å². The van der Waals surface area contributed by atoms with Gasteiger partial charge in [0.1, 0.15) is 0 Å². The van der Waals surface area contributed by atoms with E-state index in [9.17, 15) is 0 Å². The minimum atomic E-state index is -2.57. The quantitative estimate of drug-likeness (QED) is 0.429. The van der Waals surface area contributed by atoms with Crippen molar-refractivity contribution in [1.29, 1.82) is 0 Å². The monoisotopic (exact) mass is 340 g/mol. The van der Waals surface area contributed by atoms with E-state index in [0.29, 0.717) is 6.61 Å². The molecule has 0 radical (unpaired) electrons. The molecule has 1 aromatic carbocycles. The molecule has 1 aromatic rings. The van der Waals surface area contributed by atoms with Crippen LogP contribution in [0.1, 0.15) is 32.8 Å². The lowest BCUT2D eigenvalue weighted by Crippen LogP contribution is -2.50. The molecule has 0 aromatic heterocycles. The predicted octanol–water partition coefficient (Wildman–Crippen LogP) is 3.70. The Labute approximate surface area is 143 Å². The highest BCUT2D eigenvalue weighted by molar-refractivity contribution is 6.60. The van der Waals surface area contributed by atoms with Crippen molar-refractivity contribution in [2.75, 3.05) is 40.4 Å². The molecule has 5 heteroatoms. The molecule has 0 aliphatic heterocycles. The van der Waals surface area contributed by atoms with E-state index in [1.54, 1.807) is 14.2 Å². The van der Waals surface area contributed by atoms with E-state index in [0.717, 1.165) is 29.1 Å². The lowest BCUT2D eigenvalue weighted by Gasteiger charge is -2.36. The maximum atomic E-state index is 6.12. The van der Waals surface area contributed by atoms with E-state index in [2.05, 4.69) is 32.9 Å². The summed E-state index contributed by atoms with van der Waals surface area (Å²) < 4.78 is 18.7. The second-order valence-corrected chi connectivity index (χ2v) is 8.95. The van der Waals surface area contributed by atoms with Gasteiger partial charge in [0, 0.05) is 26.7 Å². The molecule has 0 unspecified atom stereocenters. The van der Waals surface area contributed by atoms with Crippen LogP contribution in [-0.2, 0) is 19.9 Å². The van der Waals surface area contributed by atoms with Crippen LogP contribution < -0.4 is 0 Å². The average Bonchev–Trinajstić information content (AvgIpc) is 2.63. The zero-order valence-corrected chi connectivity index (χ0v) is 16.5. The molecule has 0 heterocycles. The molecule has 0 aliphatic rings. The Hall–Kier alpha value is -0.723. The van der Waals surface area contributed by atoms with Gasteiger partial charge in [-0.05, 0) is 26.3 Å². The maximum Gasteiger partial charge on any atom is 0.500 e. The summed E-state index contributed by atoms with van der Waals surface area (Å²) in [7, 11) is 0.847. The third kappa shape index (κ3) is 6.01. The molecule has 0 N–H and O–H groups in total. The van der Waals surface area contributed by atoms with E-state index >= 15 is 0 Å². The summed E-state index contributed by atoms with van der Waals surface area (Å²) in [5, 5.41) is 0. The normalized spacial score (nSPS) is 12.6. The zero-order chi connectivity index (χ0) is 17.2. The van der Waals surface area contributed by atoms with E-state index in [1.807, 2.05) is 18.2 Å². The Bertz CT molecular complexity index is 411. The first-order valence-corrected chi connectivity index (χ1v) is 10.7. The van der Waals surface area contributed by atoms with Gasteiger partial charge in [0.2, 0.25) is 0 Å². The molecule has 0 fully saturated rings. The van der Waals surface area contributed by atoms with Crippen molar-refractivity contribution in [2.45, 2.75) is 39.8 Å². The van der Waals surface area contributed by atoms with Crippen LogP contribution in [0, 0.1) is 0 Å². The smallest absolute Gasteiger partial charge is 0.377 e. The van der Waals surface area contributed by atoms with Gasteiger partial charge in [-0.25, -0.2) is 0 Å². The highest BCUT2D eigenvalue weighted by Gasteiger charge is 2.39. The summed E-state index contributed by atoms with van der Waals surface area (Å²) in [6.45, 7) is 12.0. The number of nitrogens with zero attached hydrogens (tertiary/aromatic N) is 1. The number of rotatable bonds is 12. The molecule has 23 heavy (non-hydrogen) atoms. The Morgan fingerprint density at radius 1 is 0.913 bits per heavy atom. The fourth-order valence-corrected chi connectivity index (χ4v) is 4.95. The summed E-state index contributed by atoms with van der Waals surface area (Å²) in [6, 6.07) is 11.1. The number of quaternary nitrogens is 1. The maximum absolute atomic E-state index is 6.12. The third-order valence-electron chi connectivity index (χ3n) is 5.05. The number of benzene rings is 1. The summed E-state index contributed by atoms with van der Waals surface area (Å²) in [4.78, 5) is 0. The third-order valence-corrected chi connectivity index (χ3v) is 7.85. The predicted molar refractivity (Wildman–Crippen MR) is 97.2 cm³/mol. The fourth-order valence-electron chi connectivity index (χ4n) is 3.02. The van der Waals surface area contributed by atoms with Crippen LogP contribution in [0.5, 0.6) is 0 Å². The van der Waals surface area contributed by atoms with Gasteiger partial charge in [-0.3, -0.25) is 0 Å². The summed E-state index contributed by atoms with van der Waals surface area (Å²) in [6.07, 6.45) is 1.07. The summed E-state index contributed by atoms with van der Waals surface area (Å²) >= 11 is 0. The van der Waals surface area contributed by atoms with Crippen LogP contribution in [0.4, 0.5) is 0 Å². The molecule has 0 spiro atoms. The molecule has 0 aliphatic carbocycles. The van der Waals surface area contributed by atoms with Crippen LogP contribution in [0.2, 0.25) is 6.04 Å². The molecular weight excluding hydrogens is 306 g/mol. The highest BCUT2D eigenvalue weighted by Crippen LogP contribution is 2.20. The SMILES string of the molecule is CC[N+](CC)(CC)CCC[Si](OC)(OC)OCc1ccccc1. The van der Waals surface area contributed by atoms with Crippen molar-refractivity contribution in [1.82, 2.24) is 0 Å². The Kier molecular flexibility index (Phi) is 9.02. The van der Waals surface area contributed by atoms with Gasteiger partial charge in [0.25, 0.3) is 0 Å². The fraction of sp³-hybridized carbons (Fsp3) is 0.667. The molecular formula is C18H34NO3Si+. The molecule has 4 nitrogen and oxygen atoms in total. The minimum absolute atomic E-state index is 0.546. The Morgan fingerprint density at radius 3 is 1.96 bits per heavy atom. The topological polar surface area (TPSA) is 27.7 Å². The average molecular weight is 341 g/mol. The van der Waals surface area contributed by atoms with Gasteiger partial charge in [-0.1, -0.05) is 30.3 Å². The Balaban J connectivity index is 2.59.